The van der Waals surface area contributed by atoms with E-state index in [0.29, 0.717) is 35.9 Å². The second-order valence-corrected chi connectivity index (χ2v) is 7.12. The average Bonchev–Trinajstić information content (AvgIpc) is 2.70. The molecule has 1 heterocycles. The van der Waals surface area contributed by atoms with Gasteiger partial charge in [-0.25, -0.2) is 0 Å². The van der Waals surface area contributed by atoms with Crippen LogP contribution in [-0.2, 0) is 4.74 Å². The SMILES string of the molecule is Cc1ccc([N+](=O)[O-])cc1C(=O)NCC(c1ccc(Cl)cc1)N1CCOCC1. The third-order valence-electron chi connectivity index (χ3n) is 4.87. The molecular weight excluding hydrogens is 382 g/mol. The smallest absolute Gasteiger partial charge is 0.270 e. The van der Waals surface area contributed by atoms with Gasteiger partial charge < -0.3 is 10.1 Å². The number of carbonyl (C=O) groups is 1. The summed E-state index contributed by atoms with van der Waals surface area (Å²) in [6.45, 7) is 4.95. The summed E-state index contributed by atoms with van der Waals surface area (Å²) in [5.41, 5.74) is 1.95. The predicted molar refractivity (Wildman–Crippen MR) is 107 cm³/mol. The van der Waals surface area contributed by atoms with Crippen molar-refractivity contribution in [3.63, 3.8) is 0 Å². The van der Waals surface area contributed by atoms with Gasteiger partial charge in [0.15, 0.2) is 0 Å². The molecule has 2 aromatic rings. The first-order valence-electron chi connectivity index (χ1n) is 9.06. The largest absolute Gasteiger partial charge is 0.379 e. The third-order valence-corrected chi connectivity index (χ3v) is 5.13. The first-order valence-corrected chi connectivity index (χ1v) is 9.44. The van der Waals surface area contributed by atoms with Gasteiger partial charge >= 0.3 is 0 Å². The van der Waals surface area contributed by atoms with Crippen molar-refractivity contribution in [2.45, 2.75) is 13.0 Å². The van der Waals surface area contributed by atoms with Crippen molar-refractivity contribution < 1.29 is 14.5 Å². The van der Waals surface area contributed by atoms with Crippen molar-refractivity contribution in [3.05, 3.63) is 74.3 Å². The Balaban J connectivity index is 1.77. The molecule has 148 valence electrons. The van der Waals surface area contributed by atoms with Gasteiger partial charge in [0, 0.05) is 42.4 Å². The highest BCUT2D eigenvalue weighted by Crippen LogP contribution is 2.24. The lowest BCUT2D eigenvalue weighted by Crippen LogP contribution is -2.43. The van der Waals surface area contributed by atoms with Gasteiger partial charge in [0.2, 0.25) is 0 Å². The number of hydrogen-bond acceptors (Lipinski definition) is 5. The number of nitrogens with zero attached hydrogens (tertiary/aromatic N) is 2. The highest BCUT2D eigenvalue weighted by Gasteiger charge is 2.24. The molecule has 0 spiro atoms. The minimum absolute atomic E-state index is 0.0379. The number of halogens is 1. The lowest BCUT2D eigenvalue weighted by molar-refractivity contribution is -0.384. The number of nitro benzene ring substituents is 1. The number of ether oxygens (including phenoxy) is 1. The molecule has 1 unspecified atom stereocenters. The standard InChI is InChI=1S/C20H22ClN3O4/c1-14-2-7-17(24(26)27)12-18(14)20(25)22-13-19(23-8-10-28-11-9-23)15-3-5-16(21)6-4-15/h2-7,12,19H,8-11,13H2,1H3,(H,22,25). The molecule has 0 saturated carbocycles. The zero-order valence-electron chi connectivity index (χ0n) is 15.6. The fourth-order valence-corrected chi connectivity index (χ4v) is 3.41. The maximum absolute atomic E-state index is 12.7. The number of carbonyl (C=O) groups excluding carboxylic acids is 1. The van der Waals surface area contributed by atoms with E-state index in [2.05, 4.69) is 10.2 Å². The fourth-order valence-electron chi connectivity index (χ4n) is 3.28. The number of benzene rings is 2. The van der Waals surface area contributed by atoms with Gasteiger partial charge in [0.1, 0.15) is 0 Å². The Bertz CT molecular complexity index is 851. The molecule has 1 fully saturated rings. The minimum atomic E-state index is -0.500. The van der Waals surface area contributed by atoms with Gasteiger partial charge in [-0.2, -0.15) is 0 Å². The van der Waals surface area contributed by atoms with E-state index >= 15 is 0 Å². The van der Waals surface area contributed by atoms with Crippen molar-refractivity contribution in [2.75, 3.05) is 32.8 Å². The number of nitro groups is 1. The van der Waals surface area contributed by atoms with E-state index < -0.39 is 4.92 Å². The molecule has 1 atom stereocenters. The van der Waals surface area contributed by atoms with E-state index in [9.17, 15) is 14.9 Å². The zero-order chi connectivity index (χ0) is 20.1. The van der Waals surface area contributed by atoms with Gasteiger partial charge in [-0.1, -0.05) is 29.8 Å². The summed E-state index contributed by atoms with van der Waals surface area (Å²) in [6.07, 6.45) is 0. The first kappa shape index (κ1) is 20.3. The number of aryl methyl sites for hydroxylation is 1. The van der Waals surface area contributed by atoms with E-state index in [4.69, 9.17) is 16.3 Å². The van der Waals surface area contributed by atoms with E-state index in [1.54, 1.807) is 13.0 Å². The molecule has 1 aliphatic heterocycles. The summed E-state index contributed by atoms with van der Waals surface area (Å²) in [5.74, 6) is -0.326. The van der Waals surface area contributed by atoms with E-state index in [1.807, 2.05) is 24.3 Å². The molecule has 1 amide bonds. The Morgan fingerprint density at radius 1 is 1.25 bits per heavy atom. The highest BCUT2D eigenvalue weighted by atomic mass is 35.5. The van der Waals surface area contributed by atoms with Crippen molar-refractivity contribution in [1.82, 2.24) is 10.2 Å². The fraction of sp³-hybridized carbons (Fsp3) is 0.350. The summed E-state index contributed by atoms with van der Waals surface area (Å²) >= 11 is 6.01. The maximum atomic E-state index is 12.7. The minimum Gasteiger partial charge on any atom is -0.379 e. The van der Waals surface area contributed by atoms with Gasteiger partial charge in [-0.3, -0.25) is 19.8 Å². The predicted octanol–water partition coefficient (Wildman–Crippen LogP) is 3.36. The number of hydrogen-bond donors (Lipinski definition) is 1. The van der Waals surface area contributed by atoms with Gasteiger partial charge in [-0.15, -0.1) is 0 Å². The zero-order valence-corrected chi connectivity index (χ0v) is 16.3. The average molecular weight is 404 g/mol. The van der Waals surface area contributed by atoms with E-state index in [-0.39, 0.29) is 17.6 Å². The van der Waals surface area contributed by atoms with Crippen molar-refractivity contribution >= 4 is 23.2 Å². The number of non-ortho nitro benzene ring substituents is 1. The van der Waals surface area contributed by atoms with Crippen LogP contribution in [0.25, 0.3) is 0 Å². The van der Waals surface area contributed by atoms with Crippen LogP contribution in [-0.4, -0.2) is 48.6 Å². The van der Waals surface area contributed by atoms with E-state index in [0.717, 1.165) is 18.7 Å². The van der Waals surface area contributed by atoms with Crippen LogP contribution in [0.2, 0.25) is 5.02 Å². The summed E-state index contributed by atoms with van der Waals surface area (Å²) in [7, 11) is 0. The molecule has 8 heteroatoms. The normalized spacial score (nSPS) is 15.8. The quantitative estimate of drug-likeness (QED) is 0.590. The van der Waals surface area contributed by atoms with Crippen LogP contribution in [0.3, 0.4) is 0 Å². The summed E-state index contributed by atoms with van der Waals surface area (Å²) in [4.78, 5) is 25.5. The van der Waals surface area contributed by atoms with Crippen LogP contribution in [0.15, 0.2) is 42.5 Å². The molecule has 1 saturated heterocycles. The second-order valence-electron chi connectivity index (χ2n) is 6.68. The molecule has 0 radical (unpaired) electrons. The molecule has 1 aliphatic rings. The van der Waals surface area contributed by atoms with Crippen LogP contribution in [0, 0.1) is 17.0 Å². The van der Waals surface area contributed by atoms with Crippen molar-refractivity contribution in [3.8, 4) is 0 Å². The Morgan fingerprint density at radius 2 is 1.93 bits per heavy atom. The molecule has 28 heavy (non-hydrogen) atoms. The van der Waals surface area contributed by atoms with Crippen LogP contribution in [0.4, 0.5) is 5.69 Å². The lowest BCUT2D eigenvalue weighted by Gasteiger charge is -2.35. The van der Waals surface area contributed by atoms with Crippen LogP contribution in [0.1, 0.15) is 27.5 Å². The summed E-state index contributed by atoms with van der Waals surface area (Å²) in [5, 5.41) is 14.6. The number of morpholine rings is 1. The Labute approximate surface area is 168 Å². The molecule has 0 aliphatic carbocycles. The van der Waals surface area contributed by atoms with Crippen LogP contribution < -0.4 is 5.32 Å². The second kappa shape index (κ2) is 9.14. The van der Waals surface area contributed by atoms with E-state index in [1.165, 1.54) is 12.1 Å². The van der Waals surface area contributed by atoms with Crippen LogP contribution >= 0.6 is 11.6 Å². The summed E-state index contributed by atoms with van der Waals surface area (Å²) < 4.78 is 5.44. The number of nitrogens with one attached hydrogen (secondary N) is 1. The molecule has 0 bridgehead atoms. The highest BCUT2D eigenvalue weighted by molar-refractivity contribution is 6.30. The lowest BCUT2D eigenvalue weighted by atomic mass is 10.0. The molecule has 0 aromatic heterocycles. The van der Waals surface area contributed by atoms with Crippen LogP contribution in [0.5, 0.6) is 0 Å². The van der Waals surface area contributed by atoms with Crippen molar-refractivity contribution in [2.24, 2.45) is 0 Å². The van der Waals surface area contributed by atoms with Gasteiger partial charge in [0.25, 0.3) is 11.6 Å². The molecule has 2 aromatic carbocycles. The summed E-state index contributed by atoms with van der Waals surface area (Å²) in [6, 6.07) is 11.8. The maximum Gasteiger partial charge on any atom is 0.270 e. The number of rotatable bonds is 6. The Morgan fingerprint density at radius 3 is 2.57 bits per heavy atom. The molecular formula is C20H22ClN3O4. The third kappa shape index (κ3) is 4.86. The number of amides is 1. The van der Waals surface area contributed by atoms with Gasteiger partial charge in [-0.05, 0) is 30.2 Å². The first-order chi connectivity index (χ1) is 13.5. The van der Waals surface area contributed by atoms with Gasteiger partial charge in [0.05, 0.1) is 24.2 Å². The topological polar surface area (TPSA) is 84.7 Å². The molecule has 3 rings (SSSR count). The van der Waals surface area contributed by atoms with Crippen molar-refractivity contribution in [1.29, 1.82) is 0 Å². The Kier molecular flexibility index (Phi) is 6.61. The Hall–Kier alpha value is -2.48. The monoisotopic (exact) mass is 403 g/mol. The molecule has 7 nitrogen and oxygen atoms in total. The molecule has 1 N–H and O–H groups in total.